The predicted molar refractivity (Wildman–Crippen MR) is 106 cm³/mol. The highest BCUT2D eigenvalue weighted by Crippen LogP contribution is 2.40. The third-order valence-corrected chi connectivity index (χ3v) is 4.77. The zero-order valence-electron chi connectivity index (χ0n) is 16.2. The van der Waals surface area contributed by atoms with Gasteiger partial charge in [-0.1, -0.05) is 49.7 Å². The number of benzene rings is 2. The Morgan fingerprint density at radius 1 is 1.03 bits per heavy atom. The SMILES string of the molecule is CCCC/C(=N\OC(=O)CC)c1cc(O)c2c(c1O)C(=O)c1ccccc1C2=O. The minimum absolute atomic E-state index is 0.0548. The van der Waals surface area contributed by atoms with Crippen LogP contribution < -0.4 is 0 Å². The lowest BCUT2D eigenvalue weighted by atomic mass is 9.81. The van der Waals surface area contributed by atoms with Crippen LogP contribution in [0.3, 0.4) is 0 Å². The van der Waals surface area contributed by atoms with E-state index in [0.717, 1.165) is 6.42 Å². The summed E-state index contributed by atoms with van der Waals surface area (Å²) in [5, 5.41) is 25.2. The molecular formula is C22H21NO6. The number of phenols is 2. The Kier molecular flexibility index (Phi) is 5.77. The van der Waals surface area contributed by atoms with E-state index in [-0.39, 0.29) is 39.9 Å². The third-order valence-electron chi connectivity index (χ3n) is 4.77. The Balaban J connectivity index is 2.17. The molecule has 2 aromatic carbocycles. The molecule has 1 aliphatic rings. The molecule has 0 unspecified atom stereocenters. The zero-order chi connectivity index (χ0) is 21.1. The molecule has 0 atom stereocenters. The molecular weight excluding hydrogens is 374 g/mol. The minimum Gasteiger partial charge on any atom is -0.507 e. The molecule has 1 aliphatic carbocycles. The van der Waals surface area contributed by atoms with Crippen molar-refractivity contribution in [1.82, 2.24) is 0 Å². The Hall–Kier alpha value is -3.48. The van der Waals surface area contributed by atoms with Gasteiger partial charge in [-0.2, -0.15) is 0 Å². The van der Waals surface area contributed by atoms with Gasteiger partial charge in [0.15, 0.2) is 11.6 Å². The summed E-state index contributed by atoms with van der Waals surface area (Å²) in [5.41, 5.74) is 0.0815. The van der Waals surface area contributed by atoms with Gasteiger partial charge in [0.05, 0.1) is 16.8 Å². The number of hydrogen-bond acceptors (Lipinski definition) is 7. The van der Waals surface area contributed by atoms with E-state index in [1.807, 2.05) is 6.92 Å². The summed E-state index contributed by atoms with van der Waals surface area (Å²) in [5.74, 6) is -2.56. The second-order valence-corrected chi connectivity index (χ2v) is 6.70. The highest BCUT2D eigenvalue weighted by atomic mass is 16.7. The van der Waals surface area contributed by atoms with Gasteiger partial charge in [-0.15, -0.1) is 0 Å². The average Bonchev–Trinajstić information content (AvgIpc) is 2.73. The fraction of sp³-hybridized carbons (Fsp3) is 0.273. The second-order valence-electron chi connectivity index (χ2n) is 6.70. The molecule has 0 heterocycles. The largest absolute Gasteiger partial charge is 0.507 e. The van der Waals surface area contributed by atoms with Gasteiger partial charge >= 0.3 is 5.97 Å². The summed E-state index contributed by atoms with van der Waals surface area (Å²) in [6, 6.07) is 7.42. The average molecular weight is 395 g/mol. The first-order valence-corrected chi connectivity index (χ1v) is 9.45. The molecule has 3 rings (SSSR count). The van der Waals surface area contributed by atoms with Gasteiger partial charge in [0.2, 0.25) is 0 Å². The molecule has 0 bridgehead atoms. The lowest BCUT2D eigenvalue weighted by molar-refractivity contribution is -0.143. The molecule has 0 radical (unpaired) electrons. The maximum atomic E-state index is 13.0. The van der Waals surface area contributed by atoms with Gasteiger partial charge in [-0.3, -0.25) is 9.59 Å². The van der Waals surface area contributed by atoms with Crippen LogP contribution in [-0.2, 0) is 9.63 Å². The molecule has 7 nitrogen and oxygen atoms in total. The van der Waals surface area contributed by atoms with E-state index in [1.165, 1.54) is 18.2 Å². The quantitative estimate of drug-likeness (QED) is 0.285. The van der Waals surface area contributed by atoms with E-state index in [9.17, 15) is 24.6 Å². The molecule has 0 aliphatic heterocycles. The van der Waals surface area contributed by atoms with Gasteiger partial charge < -0.3 is 15.1 Å². The summed E-state index contributed by atoms with van der Waals surface area (Å²) >= 11 is 0. The fourth-order valence-corrected chi connectivity index (χ4v) is 3.22. The lowest BCUT2D eigenvalue weighted by Gasteiger charge is -2.21. The van der Waals surface area contributed by atoms with Crippen LogP contribution in [0.15, 0.2) is 35.5 Å². The monoisotopic (exact) mass is 395 g/mol. The van der Waals surface area contributed by atoms with E-state index in [1.54, 1.807) is 19.1 Å². The number of aromatic hydroxyl groups is 2. The van der Waals surface area contributed by atoms with Crippen LogP contribution >= 0.6 is 0 Å². The number of ketones is 2. The standard InChI is InChI=1S/C22H21NO6/c1-3-5-10-15(23-29-17(25)4-2)14-11-16(24)18-19(22(14)28)21(27)13-9-7-6-8-12(13)20(18)26/h6-9,11,24,28H,3-5,10H2,1-2H3/b23-15+. The molecule has 2 aromatic rings. The van der Waals surface area contributed by atoms with Crippen LogP contribution in [0.1, 0.15) is 76.9 Å². The number of hydrogen-bond donors (Lipinski definition) is 2. The first kappa shape index (κ1) is 20.3. The van der Waals surface area contributed by atoms with Crippen molar-refractivity contribution in [3.63, 3.8) is 0 Å². The number of rotatable bonds is 6. The number of fused-ring (bicyclic) bond motifs is 2. The number of unbranched alkanes of at least 4 members (excludes halogenated alkanes) is 1. The molecule has 0 saturated carbocycles. The fourth-order valence-electron chi connectivity index (χ4n) is 3.22. The zero-order valence-corrected chi connectivity index (χ0v) is 16.2. The van der Waals surface area contributed by atoms with Gasteiger partial charge in [-0.25, -0.2) is 4.79 Å². The summed E-state index contributed by atoms with van der Waals surface area (Å²) in [6.45, 7) is 3.58. The predicted octanol–water partition coefficient (Wildman–Crippen LogP) is 3.72. The molecule has 150 valence electrons. The molecule has 7 heteroatoms. The smallest absolute Gasteiger partial charge is 0.334 e. The van der Waals surface area contributed by atoms with Crippen LogP contribution in [0.2, 0.25) is 0 Å². The highest BCUT2D eigenvalue weighted by molar-refractivity contribution is 6.31. The second kappa shape index (κ2) is 8.26. The number of phenolic OH excluding ortho intramolecular Hbond substituents is 2. The van der Waals surface area contributed by atoms with E-state index >= 15 is 0 Å². The van der Waals surface area contributed by atoms with Crippen molar-refractivity contribution >= 4 is 23.2 Å². The highest BCUT2D eigenvalue weighted by Gasteiger charge is 2.36. The topological polar surface area (TPSA) is 113 Å². The van der Waals surface area contributed by atoms with Gasteiger partial charge in [0.25, 0.3) is 0 Å². The van der Waals surface area contributed by atoms with E-state index in [4.69, 9.17) is 4.84 Å². The molecule has 2 N–H and O–H groups in total. The molecule has 29 heavy (non-hydrogen) atoms. The Morgan fingerprint density at radius 2 is 1.66 bits per heavy atom. The van der Waals surface area contributed by atoms with Crippen molar-refractivity contribution in [2.75, 3.05) is 0 Å². The minimum atomic E-state index is -0.565. The van der Waals surface area contributed by atoms with Crippen LogP contribution in [0, 0.1) is 0 Å². The molecule has 0 fully saturated rings. The molecule has 0 aromatic heterocycles. The van der Waals surface area contributed by atoms with Crippen molar-refractivity contribution in [3.8, 4) is 11.5 Å². The Bertz CT molecular complexity index is 1040. The maximum Gasteiger partial charge on any atom is 0.334 e. The molecule has 0 saturated heterocycles. The normalized spacial score (nSPS) is 13.1. The van der Waals surface area contributed by atoms with Gasteiger partial charge in [-0.05, 0) is 18.9 Å². The first-order valence-electron chi connectivity index (χ1n) is 9.45. The number of nitrogens with zero attached hydrogens (tertiary/aromatic N) is 1. The van der Waals surface area contributed by atoms with Gasteiger partial charge in [0.1, 0.15) is 11.5 Å². The molecule has 0 spiro atoms. The third kappa shape index (κ3) is 3.63. The van der Waals surface area contributed by atoms with Crippen molar-refractivity contribution in [2.45, 2.75) is 39.5 Å². The molecule has 0 amide bonds. The van der Waals surface area contributed by atoms with Gasteiger partial charge in [0, 0.05) is 23.1 Å². The lowest BCUT2D eigenvalue weighted by Crippen LogP contribution is -2.22. The van der Waals surface area contributed by atoms with Crippen LogP contribution in [0.25, 0.3) is 0 Å². The first-order chi connectivity index (χ1) is 13.9. The number of carbonyl (C=O) groups is 3. The Labute approximate surface area is 167 Å². The van der Waals surface area contributed by atoms with Crippen LogP contribution in [-0.4, -0.2) is 33.5 Å². The maximum absolute atomic E-state index is 13.0. The number of carbonyl (C=O) groups excluding carboxylic acids is 3. The van der Waals surface area contributed by atoms with Crippen molar-refractivity contribution in [3.05, 3.63) is 58.1 Å². The summed E-state index contributed by atoms with van der Waals surface area (Å²) in [4.78, 5) is 42.1. The summed E-state index contributed by atoms with van der Waals surface area (Å²) in [6.07, 6.45) is 1.95. The van der Waals surface area contributed by atoms with Crippen molar-refractivity contribution in [1.29, 1.82) is 0 Å². The van der Waals surface area contributed by atoms with Crippen LogP contribution in [0.4, 0.5) is 0 Å². The van der Waals surface area contributed by atoms with E-state index in [0.29, 0.717) is 12.8 Å². The van der Waals surface area contributed by atoms with Crippen LogP contribution in [0.5, 0.6) is 11.5 Å². The van der Waals surface area contributed by atoms with Crippen molar-refractivity contribution < 1.29 is 29.4 Å². The van der Waals surface area contributed by atoms with Crippen molar-refractivity contribution in [2.24, 2.45) is 5.16 Å². The summed E-state index contributed by atoms with van der Waals surface area (Å²) < 4.78 is 0. The summed E-state index contributed by atoms with van der Waals surface area (Å²) in [7, 11) is 0. The van der Waals surface area contributed by atoms with E-state index in [2.05, 4.69) is 5.16 Å². The Morgan fingerprint density at radius 3 is 2.24 bits per heavy atom. The van der Waals surface area contributed by atoms with E-state index < -0.39 is 29.0 Å². The number of oxime groups is 1.